The zero-order valence-electron chi connectivity index (χ0n) is 14.4. The molecule has 0 bridgehead atoms. The van der Waals surface area contributed by atoms with Crippen molar-refractivity contribution in [3.8, 4) is 0 Å². The van der Waals surface area contributed by atoms with Crippen molar-refractivity contribution in [2.45, 2.75) is 12.6 Å². The van der Waals surface area contributed by atoms with Gasteiger partial charge in [0.25, 0.3) is 5.91 Å². The smallest absolute Gasteiger partial charge is 0.399 e. The number of aromatic nitrogens is 2. The summed E-state index contributed by atoms with van der Waals surface area (Å²) >= 11 is 0. The lowest BCUT2D eigenvalue weighted by Crippen LogP contribution is -2.44. The van der Waals surface area contributed by atoms with E-state index in [0.29, 0.717) is 11.8 Å². The van der Waals surface area contributed by atoms with Crippen molar-refractivity contribution in [3.63, 3.8) is 0 Å². The van der Waals surface area contributed by atoms with Gasteiger partial charge in [-0.1, -0.05) is 6.07 Å². The highest BCUT2D eigenvalue weighted by molar-refractivity contribution is 5.95. The zero-order valence-corrected chi connectivity index (χ0v) is 14.4. The Kier molecular flexibility index (Phi) is 5.18. The fraction of sp³-hybridized carbons (Fsp3) is 0.235. The number of hydrazine groups is 1. The molecule has 1 aromatic carbocycles. The van der Waals surface area contributed by atoms with Crippen LogP contribution >= 0.6 is 0 Å². The normalized spacial score (nSPS) is 15.0. The second-order valence-corrected chi connectivity index (χ2v) is 6.03. The maximum atomic E-state index is 14.2. The van der Waals surface area contributed by atoms with Crippen LogP contribution in [-0.2, 0) is 6.18 Å². The fourth-order valence-corrected chi connectivity index (χ4v) is 2.85. The number of carbonyl (C=O) groups excluding carboxylic acids is 1. The van der Waals surface area contributed by atoms with E-state index < -0.39 is 29.0 Å². The Hall–Kier alpha value is -3.21. The molecule has 0 unspecified atom stereocenters. The molecule has 0 spiro atoms. The number of halogens is 4. The number of nitrogens with two attached hydrogens (primary N) is 2. The number of nitrogens with zero attached hydrogens (tertiary/aromatic N) is 4. The van der Waals surface area contributed by atoms with Gasteiger partial charge in [0.1, 0.15) is 5.82 Å². The molecule has 7 nitrogen and oxygen atoms in total. The second-order valence-electron chi connectivity index (χ2n) is 6.03. The van der Waals surface area contributed by atoms with Gasteiger partial charge in [-0.05, 0) is 18.2 Å². The molecule has 28 heavy (non-hydrogen) atoms. The summed E-state index contributed by atoms with van der Waals surface area (Å²) < 4.78 is 52.9. The van der Waals surface area contributed by atoms with Gasteiger partial charge in [-0.25, -0.2) is 25.2 Å². The summed E-state index contributed by atoms with van der Waals surface area (Å²) in [5.74, 6) is 3.68. The molecule has 1 aromatic heterocycles. The molecule has 2 aromatic rings. The molecule has 0 atom stereocenters. The largest absolute Gasteiger partial charge is 0.419 e. The molecule has 3 rings (SSSR count). The van der Waals surface area contributed by atoms with Gasteiger partial charge in [0, 0.05) is 31.1 Å². The first-order valence-corrected chi connectivity index (χ1v) is 8.14. The molecule has 1 aliphatic heterocycles. The van der Waals surface area contributed by atoms with Crippen molar-refractivity contribution in [1.82, 2.24) is 14.9 Å². The average Bonchev–Trinajstić information content (AvgIpc) is 2.67. The van der Waals surface area contributed by atoms with Crippen molar-refractivity contribution < 1.29 is 22.4 Å². The first-order valence-electron chi connectivity index (χ1n) is 8.14. The summed E-state index contributed by atoms with van der Waals surface area (Å²) in [7, 11) is 0. The number of alkyl halides is 3. The van der Waals surface area contributed by atoms with Gasteiger partial charge < -0.3 is 10.6 Å². The van der Waals surface area contributed by atoms with Crippen molar-refractivity contribution in [1.29, 1.82) is 0 Å². The second kappa shape index (κ2) is 7.43. The maximum Gasteiger partial charge on any atom is 0.419 e. The summed E-state index contributed by atoms with van der Waals surface area (Å²) in [6, 6.07) is 4.19. The molecule has 1 aliphatic rings. The monoisotopic (exact) mass is 396 g/mol. The van der Waals surface area contributed by atoms with E-state index in [0.717, 1.165) is 17.0 Å². The molecular weight excluding hydrogens is 380 g/mol. The Morgan fingerprint density at radius 2 is 1.86 bits per heavy atom. The minimum absolute atomic E-state index is 0.0884. The quantitative estimate of drug-likeness (QED) is 0.468. The van der Waals surface area contributed by atoms with E-state index in [-0.39, 0.29) is 31.2 Å². The lowest BCUT2D eigenvalue weighted by Gasteiger charge is -2.32. The first kappa shape index (κ1) is 19.5. The first-order chi connectivity index (χ1) is 13.2. The zero-order chi connectivity index (χ0) is 20.5. The molecular formula is C17H16F4N6O. The van der Waals surface area contributed by atoms with E-state index in [1.54, 1.807) is 6.07 Å². The van der Waals surface area contributed by atoms with E-state index in [9.17, 15) is 22.4 Å². The maximum absolute atomic E-state index is 14.2. The number of anilines is 1. The molecule has 0 saturated heterocycles. The number of hydrogen-bond donors (Lipinski definition) is 2. The SMILES string of the molecule is NC1=C(N(N)c2ncccn2)CCN(C(=O)c2cccc(C(F)(F)F)c2F)C1. The van der Waals surface area contributed by atoms with E-state index in [1.165, 1.54) is 17.4 Å². The summed E-state index contributed by atoms with van der Waals surface area (Å²) in [5, 5.41) is 1.18. The topological polar surface area (TPSA) is 101 Å². The summed E-state index contributed by atoms with van der Waals surface area (Å²) in [4.78, 5) is 21.7. The molecule has 2 heterocycles. The predicted molar refractivity (Wildman–Crippen MR) is 91.8 cm³/mol. The molecule has 0 aliphatic carbocycles. The standard InChI is InChI=1S/C17H16F4N6O/c18-14-10(3-1-4-11(14)17(19,20)21)15(28)26-8-5-13(12(22)9-26)27(23)16-24-6-2-7-25-16/h1-4,6-7H,5,8-9,22-23H2. The number of benzene rings is 1. The Labute approximate surface area is 157 Å². The van der Waals surface area contributed by atoms with Crippen LogP contribution in [0.5, 0.6) is 0 Å². The van der Waals surface area contributed by atoms with Gasteiger partial charge in [-0.3, -0.25) is 4.79 Å². The van der Waals surface area contributed by atoms with Crippen molar-refractivity contribution >= 4 is 11.9 Å². The summed E-state index contributed by atoms with van der Waals surface area (Å²) in [6.45, 7) is -0.0323. The van der Waals surface area contributed by atoms with Crippen molar-refractivity contribution in [2.24, 2.45) is 11.6 Å². The van der Waals surface area contributed by atoms with E-state index in [4.69, 9.17) is 11.6 Å². The third-order valence-corrected chi connectivity index (χ3v) is 4.23. The highest BCUT2D eigenvalue weighted by Crippen LogP contribution is 2.33. The van der Waals surface area contributed by atoms with Gasteiger partial charge in [-0.2, -0.15) is 13.2 Å². The molecule has 0 fully saturated rings. The van der Waals surface area contributed by atoms with Crippen molar-refractivity contribution in [3.05, 3.63) is 65.0 Å². The summed E-state index contributed by atoms with van der Waals surface area (Å²) in [6.07, 6.45) is -1.71. The minimum Gasteiger partial charge on any atom is -0.399 e. The van der Waals surface area contributed by atoms with Crippen LogP contribution in [-0.4, -0.2) is 33.9 Å². The van der Waals surface area contributed by atoms with E-state index >= 15 is 0 Å². The third kappa shape index (κ3) is 3.74. The number of carbonyl (C=O) groups is 1. The highest BCUT2D eigenvalue weighted by atomic mass is 19.4. The van der Waals surface area contributed by atoms with Gasteiger partial charge in [-0.15, -0.1) is 0 Å². The van der Waals surface area contributed by atoms with Gasteiger partial charge >= 0.3 is 6.18 Å². The van der Waals surface area contributed by atoms with Crippen LogP contribution < -0.4 is 16.6 Å². The summed E-state index contributed by atoms with van der Waals surface area (Å²) in [5.41, 5.74) is 4.52. The number of hydrogen-bond acceptors (Lipinski definition) is 6. The molecule has 4 N–H and O–H groups in total. The van der Waals surface area contributed by atoms with E-state index in [1.807, 2.05) is 0 Å². The minimum atomic E-state index is -4.90. The fourth-order valence-electron chi connectivity index (χ4n) is 2.85. The number of amides is 1. The van der Waals surface area contributed by atoms with Crippen molar-refractivity contribution in [2.75, 3.05) is 18.1 Å². The Balaban J connectivity index is 1.83. The average molecular weight is 396 g/mol. The van der Waals surface area contributed by atoms with Crippen LogP contribution in [0.3, 0.4) is 0 Å². The van der Waals surface area contributed by atoms with Crippen LogP contribution in [0.1, 0.15) is 22.3 Å². The van der Waals surface area contributed by atoms with Crippen LogP contribution in [0.25, 0.3) is 0 Å². The molecule has 0 saturated carbocycles. The molecule has 11 heteroatoms. The van der Waals surface area contributed by atoms with Crippen LogP contribution in [0.15, 0.2) is 48.1 Å². The van der Waals surface area contributed by atoms with Crippen LogP contribution in [0, 0.1) is 5.82 Å². The Morgan fingerprint density at radius 3 is 2.46 bits per heavy atom. The van der Waals surface area contributed by atoms with Gasteiger partial charge in [0.05, 0.1) is 23.4 Å². The Morgan fingerprint density at radius 1 is 1.18 bits per heavy atom. The lowest BCUT2D eigenvalue weighted by molar-refractivity contribution is -0.140. The highest BCUT2D eigenvalue weighted by Gasteiger charge is 2.36. The van der Waals surface area contributed by atoms with E-state index in [2.05, 4.69) is 9.97 Å². The molecule has 0 radical (unpaired) electrons. The van der Waals surface area contributed by atoms with Gasteiger partial charge in [0.15, 0.2) is 0 Å². The van der Waals surface area contributed by atoms with Crippen LogP contribution in [0.2, 0.25) is 0 Å². The predicted octanol–water partition coefficient (Wildman–Crippen LogP) is 2.03. The third-order valence-electron chi connectivity index (χ3n) is 4.23. The van der Waals surface area contributed by atoms with Gasteiger partial charge in [0.2, 0.25) is 5.95 Å². The lowest BCUT2D eigenvalue weighted by atomic mass is 10.1. The molecule has 148 valence electrons. The Bertz CT molecular complexity index is 916. The molecule has 1 amide bonds. The van der Waals surface area contributed by atoms with Crippen LogP contribution in [0.4, 0.5) is 23.5 Å². The number of rotatable bonds is 3.